The first-order valence-electron chi connectivity index (χ1n) is 10.3. The maximum absolute atomic E-state index is 14.8. The normalized spacial score (nSPS) is 16.3. The van der Waals surface area contributed by atoms with E-state index in [2.05, 4.69) is 10.6 Å². The Balaban J connectivity index is 1.71. The molecule has 194 valence electrons. The maximum Gasteiger partial charge on any atom is 0.389 e. The van der Waals surface area contributed by atoms with E-state index in [0.29, 0.717) is 0 Å². The molecule has 0 spiro atoms. The molecule has 1 unspecified atom stereocenters. The lowest BCUT2D eigenvalue weighted by Gasteiger charge is -2.13. The second-order valence-electron chi connectivity index (χ2n) is 7.96. The molecule has 1 aliphatic rings. The van der Waals surface area contributed by atoms with Gasteiger partial charge in [-0.15, -0.1) is 23.2 Å². The molecule has 1 atom stereocenters. The van der Waals surface area contributed by atoms with Crippen LogP contribution in [0.2, 0.25) is 5.02 Å². The van der Waals surface area contributed by atoms with Crippen LogP contribution < -0.4 is 16.0 Å². The van der Waals surface area contributed by atoms with Crippen LogP contribution in [0, 0.1) is 17.6 Å². The Hall–Kier alpha value is -2.63. The zero-order valence-corrected chi connectivity index (χ0v) is 20.3. The van der Waals surface area contributed by atoms with Crippen molar-refractivity contribution in [3.8, 4) is 0 Å². The van der Waals surface area contributed by atoms with Crippen molar-refractivity contribution in [2.75, 3.05) is 16.0 Å². The summed E-state index contributed by atoms with van der Waals surface area (Å²) < 4.78 is 64.5. The molecule has 2 aromatic rings. The summed E-state index contributed by atoms with van der Waals surface area (Å²) in [6, 6.07) is 5.57. The van der Waals surface area contributed by atoms with Crippen molar-refractivity contribution in [1.29, 1.82) is 0 Å². The van der Waals surface area contributed by atoms with E-state index in [-0.39, 0.29) is 22.7 Å². The molecule has 0 aliphatic heterocycles. The molecule has 2 aromatic carbocycles. The van der Waals surface area contributed by atoms with Gasteiger partial charge in [0.25, 0.3) is 5.91 Å². The number of carbonyl (C=O) groups excluding carboxylic acids is 3. The van der Waals surface area contributed by atoms with E-state index < -0.39 is 76.4 Å². The smallest absolute Gasteiger partial charge is 0.326 e. The van der Waals surface area contributed by atoms with Crippen LogP contribution in [0.3, 0.4) is 0 Å². The number of anilines is 3. The number of rotatable bonds is 8. The third-order valence-electron chi connectivity index (χ3n) is 5.09. The van der Waals surface area contributed by atoms with E-state index in [0.717, 1.165) is 12.1 Å². The van der Waals surface area contributed by atoms with Crippen LogP contribution in [0.4, 0.5) is 39.0 Å². The Kier molecular flexibility index (Phi) is 8.37. The molecule has 36 heavy (non-hydrogen) atoms. The minimum atomic E-state index is -4.47. The van der Waals surface area contributed by atoms with Gasteiger partial charge in [-0.3, -0.25) is 14.4 Å². The average molecular weight is 573 g/mol. The molecule has 1 aliphatic carbocycles. The zero-order valence-electron chi connectivity index (χ0n) is 18.0. The average Bonchev–Trinajstić information content (AvgIpc) is 3.41. The Morgan fingerprint density at radius 3 is 2.31 bits per heavy atom. The second kappa shape index (κ2) is 10.8. The molecule has 1 saturated carbocycles. The molecule has 14 heteroatoms. The van der Waals surface area contributed by atoms with Crippen molar-refractivity contribution in [3.05, 3.63) is 52.6 Å². The van der Waals surface area contributed by atoms with E-state index in [1.54, 1.807) is 0 Å². The van der Waals surface area contributed by atoms with Gasteiger partial charge in [-0.1, -0.05) is 11.6 Å². The molecular formula is C22H17Cl3F5N3O3. The van der Waals surface area contributed by atoms with Gasteiger partial charge in [-0.25, -0.2) is 8.78 Å². The molecule has 0 saturated heterocycles. The molecule has 0 heterocycles. The van der Waals surface area contributed by atoms with E-state index in [1.807, 2.05) is 5.32 Å². The van der Waals surface area contributed by atoms with Gasteiger partial charge in [0, 0.05) is 18.5 Å². The molecule has 0 aromatic heterocycles. The Bertz CT molecular complexity index is 1210. The van der Waals surface area contributed by atoms with Gasteiger partial charge in [0.15, 0.2) is 5.82 Å². The third-order valence-corrected chi connectivity index (χ3v) is 6.25. The molecule has 3 amide bonds. The summed E-state index contributed by atoms with van der Waals surface area (Å²) in [4.78, 5) is 36.8. The third kappa shape index (κ3) is 7.21. The van der Waals surface area contributed by atoms with E-state index >= 15 is 0 Å². The molecule has 0 bridgehead atoms. The summed E-state index contributed by atoms with van der Waals surface area (Å²) in [7, 11) is 0. The van der Waals surface area contributed by atoms with Gasteiger partial charge in [0.05, 0.1) is 22.2 Å². The summed E-state index contributed by atoms with van der Waals surface area (Å²) in [5.74, 6) is -5.65. The Morgan fingerprint density at radius 2 is 1.69 bits per heavy atom. The SMILES string of the molecule is O=C(CCCC(F)(F)F)Nc1c(F)ccc(NC(=O)c2cc(NC(=O)C3CC3(Cl)Cl)ccc2Cl)c1F. The van der Waals surface area contributed by atoms with Crippen LogP contribution >= 0.6 is 34.8 Å². The number of carbonyl (C=O) groups is 3. The minimum absolute atomic E-state index is 0.0540. The largest absolute Gasteiger partial charge is 0.389 e. The highest BCUT2D eigenvalue weighted by Crippen LogP contribution is 2.53. The van der Waals surface area contributed by atoms with Gasteiger partial charge in [0.1, 0.15) is 15.8 Å². The van der Waals surface area contributed by atoms with E-state index in [4.69, 9.17) is 34.8 Å². The standard InChI is InChI=1S/C22H17Cl3F5N3O3/c23-13-4-3-10(31-20(36)12-9-21(12,24)25)8-11(13)19(35)32-15-6-5-14(26)18(17(15)27)33-16(34)2-1-7-22(28,29)30/h3-6,8,12H,1-2,7,9H2,(H,31,36)(H,32,35)(H,33,34). The minimum Gasteiger partial charge on any atom is -0.326 e. The van der Waals surface area contributed by atoms with Gasteiger partial charge in [0.2, 0.25) is 11.8 Å². The first-order chi connectivity index (χ1) is 16.7. The maximum atomic E-state index is 14.8. The molecule has 3 rings (SSSR count). The predicted octanol–water partition coefficient (Wildman–Crippen LogP) is 6.67. The first-order valence-corrected chi connectivity index (χ1v) is 11.5. The predicted molar refractivity (Wildman–Crippen MR) is 125 cm³/mol. The summed E-state index contributed by atoms with van der Waals surface area (Å²) in [6.45, 7) is 0. The van der Waals surface area contributed by atoms with Crippen molar-refractivity contribution in [2.45, 2.75) is 36.2 Å². The van der Waals surface area contributed by atoms with Crippen molar-refractivity contribution < 1.29 is 36.3 Å². The van der Waals surface area contributed by atoms with Crippen LogP contribution in [-0.2, 0) is 9.59 Å². The van der Waals surface area contributed by atoms with Crippen LogP contribution in [0.25, 0.3) is 0 Å². The molecule has 6 nitrogen and oxygen atoms in total. The molecule has 1 fully saturated rings. The monoisotopic (exact) mass is 571 g/mol. The highest BCUT2D eigenvalue weighted by atomic mass is 35.5. The van der Waals surface area contributed by atoms with Crippen LogP contribution in [-0.4, -0.2) is 28.2 Å². The summed E-state index contributed by atoms with van der Waals surface area (Å²) >= 11 is 17.8. The fourth-order valence-electron chi connectivity index (χ4n) is 3.11. The van der Waals surface area contributed by atoms with Crippen molar-refractivity contribution >= 4 is 69.6 Å². The highest BCUT2D eigenvalue weighted by molar-refractivity contribution is 6.52. The highest BCUT2D eigenvalue weighted by Gasteiger charge is 2.56. The van der Waals surface area contributed by atoms with Crippen molar-refractivity contribution in [3.63, 3.8) is 0 Å². The number of alkyl halides is 5. The van der Waals surface area contributed by atoms with Gasteiger partial charge in [-0.05, 0) is 43.2 Å². The van der Waals surface area contributed by atoms with Crippen LogP contribution in [0.15, 0.2) is 30.3 Å². The Labute approximate surface area is 216 Å². The lowest BCUT2D eigenvalue weighted by Crippen LogP contribution is -2.19. The molecule has 3 N–H and O–H groups in total. The van der Waals surface area contributed by atoms with Crippen molar-refractivity contribution in [1.82, 2.24) is 0 Å². The summed E-state index contributed by atoms with van der Waals surface area (Å²) in [5, 5.41) is 6.54. The summed E-state index contributed by atoms with van der Waals surface area (Å²) in [6.07, 6.45) is -6.65. The topological polar surface area (TPSA) is 87.3 Å². The van der Waals surface area contributed by atoms with Crippen LogP contribution in [0.1, 0.15) is 36.0 Å². The Morgan fingerprint density at radius 1 is 1.03 bits per heavy atom. The zero-order chi connectivity index (χ0) is 26.8. The number of hydrogen-bond acceptors (Lipinski definition) is 3. The van der Waals surface area contributed by atoms with Gasteiger partial charge in [-0.2, -0.15) is 13.2 Å². The number of hydrogen-bond donors (Lipinski definition) is 3. The second-order valence-corrected chi connectivity index (χ2v) is 9.91. The lowest BCUT2D eigenvalue weighted by molar-refractivity contribution is -0.136. The number of benzene rings is 2. The van der Waals surface area contributed by atoms with Gasteiger partial charge < -0.3 is 16.0 Å². The molecule has 0 radical (unpaired) electrons. The number of halogens is 8. The van der Waals surface area contributed by atoms with Gasteiger partial charge >= 0.3 is 6.18 Å². The quantitative estimate of drug-likeness (QED) is 0.244. The lowest BCUT2D eigenvalue weighted by atomic mass is 10.1. The summed E-state index contributed by atoms with van der Waals surface area (Å²) in [5.41, 5.74) is -1.47. The van der Waals surface area contributed by atoms with Crippen LogP contribution in [0.5, 0.6) is 0 Å². The fourth-order valence-corrected chi connectivity index (χ4v) is 3.82. The van der Waals surface area contributed by atoms with E-state index in [1.165, 1.54) is 18.2 Å². The fraction of sp³-hybridized carbons (Fsp3) is 0.318. The van der Waals surface area contributed by atoms with E-state index in [9.17, 15) is 36.3 Å². The number of amides is 3. The van der Waals surface area contributed by atoms with Crippen molar-refractivity contribution in [2.24, 2.45) is 5.92 Å². The first kappa shape index (κ1) is 27.9. The molecular weight excluding hydrogens is 556 g/mol. The number of nitrogens with one attached hydrogen (secondary N) is 3.